The van der Waals surface area contributed by atoms with Gasteiger partial charge < -0.3 is 5.32 Å². The van der Waals surface area contributed by atoms with E-state index in [1.165, 1.54) is 25.3 Å². The van der Waals surface area contributed by atoms with Gasteiger partial charge in [-0.3, -0.25) is 14.6 Å². The summed E-state index contributed by atoms with van der Waals surface area (Å²) in [7, 11) is 0. The van der Waals surface area contributed by atoms with Crippen LogP contribution in [0.2, 0.25) is 5.02 Å². The van der Waals surface area contributed by atoms with Crippen molar-refractivity contribution in [3.63, 3.8) is 0 Å². The number of carbonyl (C=O) groups is 2. The molecule has 0 aliphatic carbocycles. The summed E-state index contributed by atoms with van der Waals surface area (Å²) >= 11 is 5.59. The largest absolute Gasteiger partial charge is 0.418 e. The van der Waals surface area contributed by atoms with Gasteiger partial charge in [0.05, 0.1) is 17.7 Å². The van der Waals surface area contributed by atoms with E-state index in [4.69, 9.17) is 11.6 Å². The average Bonchev–Trinajstić information content (AvgIpc) is 2.61. The number of hydrogen-bond donors (Lipinski definition) is 2. The molecule has 142 valence electrons. The number of carbonyl (C=O) groups excluding carboxylic acids is 2. The molecule has 1 aromatic heterocycles. The van der Waals surface area contributed by atoms with Crippen LogP contribution in [0.5, 0.6) is 0 Å². The highest BCUT2D eigenvalue weighted by molar-refractivity contribution is 6.30. The summed E-state index contributed by atoms with van der Waals surface area (Å²) < 4.78 is 39.1. The van der Waals surface area contributed by atoms with Crippen molar-refractivity contribution in [2.24, 2.45) is 5.10 Å². The lowest BCUT2D eigenvalue weighted by Gasteiger charge is -2.14. The number of hydrogen-bond acceptors (Lipinski definition) is 4. The molecule has 1 heterocycles. The van der Waals surface area contributed by atoms with E-state index in [9.17, 15) is 22.8 Å². The smallest absolute Gasteiger partial charge is 0.325 e. The van der Waals surface area contributed by atoms with Gasteiger partial charge in [0, 0.05) is 16.9 Å². The molecular formula is C17H14ClF3N4O2. The fourth-order valence-electron chi connectivity index (χ4n) is 2.03. The highest BCUT2D eigenvalue weighted by Gasteiger charge is 2.34. The lowest BCUT2D eigenvalue weighted by atomic mass is 10.1. The Morgan fingerprint density at radius 2 is 1.96 bits per heavy atom. The van der Waals surface area contributed by atoms with E-state index in [1.807, 2.05) is 0 Å². The van der Waals surface area contributed by atoms with Gasteiger partial charge in [-0.1, -0.05) is 17.7 Å². The number of nitrogens with zero attached hydrogens (tertiary/aromatic N) is 2. The number of pyridine rings is 1. The van der Waals surface area contributed by atoms with Gasteiger partial charge in [-0.2, -0.15) is 18.3 Å². The van der Waals surface area contributed by atoms with E-state index >= 15 is 0 Å². The first-order valence-electron chi connectivity index (χ1n) is 7.58. The standard InChI is InChI=1S/C17H14ClF3N4O2/c1-10(24-25-16(27)14-4-2-3-7-22-14)8-15(26)23-13-6-5-11(18)9-12(13)17(19,20)21/h2-7,9H,8H2,1H3,(H,23,26)(H,25,27)/b24-10-. The van der Waals surface area contributed by atoms with Gasteiger partial charge in [-0.15, -0.1) is 0 Å². The fourth-order valence-corrected chi connectivity index (χ4v) is 2.20. The molecule has 0 unspecified atom stereocenters. The molecule has 0 aliphatic rings. The Labute approximate surface area is 157 Å². The average molecular weight is 399 g/mol. The normalized spacial score (nSPS) is 11.8. The highest BCUT2D eigenvalue weighted by atomic mass is 35.5. The van der Waals surface area contributed by atoms with Gasteiger partial charge in [-0.25, -0.2) is 5.43 Å². The van der Waals surface area contributed by atoms with Crippen molar-refractivity contribution in [1.29, 1.82) is 0 Å². The van der Waals surface area contributed by atoms with Crippen molar-refractivity contribution in [3.05, 3.63) is 58.9 Å². The SMILES string of the molecule is C/C(CC(=O)Nc1ccc(Cl)cc1C(F)(F)F)=N/NC(=O)c1ccccn1. The number of benzene rings is 1. The third-order valence-electron chi connectivity index (χ3n) is 3.22. The Kier molecular flexibility index (Phi) is 6.51. The summed E-state index contributed by atoms with van der Waals surface area (Å²) in [5.41, 5.74) is 1.08. The molecule has 0 fully saturated rings. The Morgan fingerprint density at radius 1 is 1.22 bits per heavy atom. The second kappa shape index (κ2) is 8.63. The van der Waals surface area contributed by atoms with Crippen molar-refractivity contribution in [2.45, 2.75) is 19.5 Å². The summed E-state index contributed by atoms with van der Waals surface area (Å²) in [4.78, 5) is 27.6. The Balaban J connectivity index is 2.00. The zero-order chi connectivity index (χ0) is 20.0. The number of alkyl halides is 3. The van der Waals surface area contributed by atoms with Crippen LogP contribution in [0.15, 0.2) is 47.7 Å². The Hall–Kier alpha value is -2.94. The maximum atomic E-state index is 13.0. The molecule has 0 radical (unpaired) electrons. The first-order valence-corrected chi connectivity index (χ1v) is 7.95. The van der Waals surface area contributed by atoms with E-state index in [-0.39, 0.29) is 22.8 Å². The summed E-state index contributed by atoms with van der Waals surface area (Å²) in [5, 5.41) is 5.81. The van der Waals surface area contributed by atoms with Crippen LogP contribution in [-0.2, 0) is 11.0 Å². The first kappa shape index (κ1) is 20.4. The monoisotopic (exact) mass is 398 g/mol. The van der Waals surface area contributed by atoms with E-state index in [1.54, 1.807) is 12.1 Å². The predicted octanol–water partition coefficient (Wildman–Crippen LogP) is 3.89. The van der Waals surface area contributed by atoms with Crippen molar-refractivity contribution in [2.75, 3.05) is 5.32 Å². The molecule has 0 bridgehead atoms. The molecule has 6 nitrogen and oxygen atoms in total. The molecule has 0 atom stereocenters. The van der Waals surface area contributed by atoms with E-state index in [0.717, 1.165) is 12.1 Å². The maximum absolute atomic E-state index is 13.0. The van der Waals surface area contributed by atoms with Crippen LogP contribution < -0.4 is 10.7 Å². The van der Waals surface area contributed by atoms with Crippen LogP contribution in [0, 0.1) is 0 Å². The van der Waals surface area contributed by atoms with Crippen molar-refractivity contribution in [3.8, 4) is 0 Å². The van der Waals surface area contributed by atoms with Gasteiger partial charge in [0.15, 0.2) is 0 Å². The van der Waals surface area contributed by atoms with Crippen molar-refractivity contribution >= 4 is 34.8 Å². The van der Waals surface area contributed by atoms with Crippen LogP contribution in [0.4, 0.5) is 18.9 Å². The number of nitrogens with one attached hydrogen (secondary N) is 2. The molecule has 2 rings (SSSR count). The van der Waals surface area contributed by atoms with Crippen LogP contribution in [0.1, 0.15) is 29.4 Å². The summed E-state index contributed by atoms with van der Waals surface area (Å²) in [5.74, 6) is -1.30. The number of aromatic nitrogens is 1. The Bertz CT molecular complexity index is 870. The third-order valence-corrected chi connectivity index (χ3v) is 3.46. The quantitative estimate of drug-likeness (QED) is 0.592. The molecule has 2 aromatic rings. The predicted molar refractivity (Wildman–Crippen MR) is 94.5 cm³/mol. The number of halogens is 4. The third kappa shape index (κ3) is 6.07. The molecular weight excluding hydrogens is 385 g/mol. The van der Waals surface area contributed by atoms with Crippen molar-refractivity contribution in [1.82, 2.24) is 10.4 Å². The second-order valence-corrected chi connectivity index (χ2v) is 5.85. The van der Waals surface area contributed by atoms with Gasteiger partial charge in [0.2, 0.25) is 5.91 Å². The van der Waals surface area contributed by atoms with Gasteiger partial charge in [-0.05, 0) is 37.3 Å². The highest BCUT2D eigenvalue weighted by Crippen LogP contribution is 2.36. The molecule has 27 heavy (non-hydrogen) atoms. The van der Waals surface area contributed by atoms with Gasteiger partial charge in [0.25, 0.3) is 5.91 Å². The molecule has 10 heteroatoms. The summed E-state index contributed by atoms with van der Waals surface area (Å²) in [6.07, 6.45) is -3.56. The maximum Gasteiger partial charge on any atom is 0.418 e. The zero-order valence-corrected chi connectivity index (χ0v) is 14.7. The summed E-state index contributed by atoms with van der Waals surface area (Å²) in [6.45, 7) is 1.45. The fraction of sp³-hybridized carbons (Fsp3) is 0.176. The van der Waals surface area contributed by atoms with Gasteiger partial charge in [0.1, 0.15) is 5.69 Å². The lowest BCUT2D eigenvalue weighted by molar-refractivity contribution is -0.137. The molecule has 0 aliphatic heterocycles. The molecule has 2 N–H and O–H groups in total. The second-order valence-electron chi connectivity index (χ2n) is 5.42. The number of anilines is 1. The van der Waals surface area contributed by atoms with Crippen LogP contribution >= 0.6 is 11.6 Å². The van der Waals surface area contributed by atoms with E-state index in [2.05, 4.69) is 20.8 Å². The molecule has 0 saturated carbocycles. The minimum Gasteiger partial charge on any atom is -0.325 e. The zero-order valence-electron chi connectivity index (χ0n) is 14.0. The molecule has 0 spiro atoms. The molecule has 0 saturated heterocycles. The van der Waals surface area contributed by atoms with Crippen LogP contribution in [-0.4, -0.2) is 22.5 Å². The molecule has 2 amide bonds. The first-order chi connectivity index (χ1) is 12.7. The van der Waals surface area contributed by atoms with E-state index < -0.39 is 29.2 Å². The number of rotatable bonds is 5. The summed E-state index contributed by atoms with van der Waals surface area (Å²) in [6, 6.07) is 7.77. The lowest BCUT2D eigenvalue weighted by Crippen LogP contribution is -2.22. The number of amides is 2. The Morgan fingerprint density at radius 3 is 2.59 bits per heavy atom. The minimum atomic E-state index is -4.67. The van der Waals surface area contributed by atoms with Crippen LogP contribution in [0.3, 0.4) is 0 Å². The van der Waals surface area contributed by atoms with Crippen LogP contribution in [0.25, 0.3) is 0 Å². The van der Waals surface area contributed by atoms with Gasteiger partial charge >= 0.3 is 6.18 Å². The number of hydrazone groups is 1. The minimum absolute atomic E-state index is 0.102. The van der Waals surface area contributed by atoms with E-state index in [0.29, 0.717) is 0 Å². The topological polar surface area (TPSA) is 83.5 Å². The van der Waals surface area contributed by atoms with Crippen molar-refractivity contribution < 1.29 is 22.8 Å². The molecule has 1 aromatic carbocycles.